The average molecular weight is 297 g/mol. The molecule has 0 aliphatic carbocycles. The van der Waals surface area contributed by atoms with E-state index >= 15 is 0 Å². The minimum atomic E-state index is -4.63. The number of hydrogen-bond donors (Lipinski definition) is 1. The first kappa shape index (κ1) is 14.0. The van der Waals surface area contributed by atoms with E-state index in [1.54, 1.807) is 0 Å². The molecule has 3 nitrogen and oxygen atoms in total. The average Bonchev–Trinajstić information content (AvgIpc) is 2.78. The second-order valence-electron chi connectivity index (χ2n) is 4.61. The van der Waals surface area contributed by atoms with Crippen molar-refractivity contribution < 1.29 is 27.2 Å². The third-order valence-corrected chi connectivity index (χ3v) is 3.31. The molecule has 0 radical (unpaired) electrons. The van der Waals surface area contributed by atoms with Gasteiger partial charge in [-0.3, -0.25) is 4.98 Å². The van der Waals surface area contributed by atoms with Crippen molar-refractivity contribution in [2.75, 3.05) is 0 Å². The lowest BCUT2D eigenvalue weighted by Gasteiger charge is -2.13. The van der Waals surface area contributed by atoms with Crippen molar-refractivity contribution in [1.82, 2.24) is 4.98 Å². The maximum atomic E-state index is 14.1. The molecule has 1 aliphatic rings. The molecular formula is C13H8BF4NO2. The third-order valence-electron chi connectivity index (χ3n) is 3.31. The number of nitrogens with zero attached hydrogens (tertiary/aromatic N) is 1. The van der Waals surface area contributed by atoms with Crippen LogP contribution >= 0.6 is 0 Å². The first-order chi connectivity index (χ1) is 9.88. The number of fused-ring (bicyclic) bond motifs is 1. The lowest BCUT2D eigenvalue weighted by Crippen LogP contribution is -2.28. The highest BCUT2D eigenvalue weighted by atomic mass is 19.4. The Morgan fingerprint density at radius 2 is 2.00 bits per heavy atom. The Kier molecular flexibility index (Phi) is 3.22. The number of halogens is 4. The number of benzene rings is 1. The fourth-order valence-corrected chi connectivity index (χ4v) is 2.31. The van der Waals surface area contributed by atoms with E-state index in [1.807, 2.05) is 0 Å². The van der Waals surface area contributed by atoms with Crippen LogP contribution in [0.15, 0.2) is 30.6 Å². The summed E-state index contributed by atoms with van der Waals surface area (Å²) in [5.41, 5.74) is -0.933. The van der Waals surface area contributed by atoms with Crippen molar-refractivity contribution in [3.8, 4) is 11.1 Å². The molecule has 0 atom stereocenters. The van der Waals surface area contributed by atoms with Crippen LogP contribution in [0.2, 0.25) is 0 Å². The van der Waals surface area contributed by atoms with Gasteiger partial charge in [-0.15, -0.1) is 0 Å². The molecule has 2 aromatic rings. The zero-order valence-corrected chi connectivity index (χ0v) is 10.5. The highest BCUT2D eigenvalue weighted by Crippen LogP contribution is 2.37. The lowest BCUT2D eigenvalue weighted by molar-refractivity contribution is -0.137. The van der Waals surface area contributed by atoms with Crippen LogP contribution in [-0.2, 0) is 17.4 Å². The van der Waals surface area contributed by atoms with Gasteiger partial charge < -0.3 is 9.68 Å². The van der Waals surface area contributed by atoms with E-state index in [-0.39, 0.29) is 23.2 Å². The van der Waals surface area contributed by atoms with Crippen LogP contribution in [0.25, 0.3) is 11.1 Å². The van der Waals surface area contributed by atoms with Crippen LogP contribution in [0, 0.1) is 5.82 Å². The Labute approximate surface area is 117 Å². The van der Waals surface area contributed by atoms with E-state index < -0.39 is 24.7 Å². The summed E-state index contributed by atoms with van der Waals surface area (Å²) < 4.78 is 58.0. The van der Waals surface area contributed by atoms with Crippen molar-refractivity contribution in [1.29, 1.82) is 0 Å². The van der Waals surface area contributed by atoms with E-state index in [9.17, 15) is 22.6 Å². The lowest BCUT2D eigenvalue weighted by atomic mass is 9.78. The Balaban J connectivity index is 2.21. The zero-order valence-electron chi connectivity index (χ0n) is 10.5. The van der Waals surface area contributed by atoms with Crippen molar-refractivity contribution in [3.63, 3.8) is 0 Å². The normalized spacial score (nSPS) is 14.4. The molecule has 0 saturated carbocycles. The minimum Gasteiger partial charge on any atom is -0.423 e. The second-order valence-corrected chi connectivity index (χ2v) is 4.61. The summed E-state index contributed by atoms with van der Waals surface area (Å²) in [7, 11) is -1.26. The van der Waals surface area contributed by atoms with Crippen LogP contribution < -0.4 is 5.46 Å². The summed E-state index contributed by atoms with van der Waals surface area (Å²) >= 11 is 0. The zero-order chi connectivity index (χ0) is 15.2. The fourth-order valence-electron chi connectivity index (χ4n) is 2.31. The predicted molar refractivity (Wildman–Crippen MR) is 67.0 cm³/mol. The molecule has 0 spiro atoms. The summed E-state index contributed by atoms with van der Waals surface area (Å²) in [6, 6.07) is 3.04. The third kappa shape index (κ3) is 2.40. The van der Waals surface area contributed by atoms with Crippen LogP contribution in [-0.4, -0.2) is 17.1 Å². The van der Waals surface area contributed by atoms with Gasteiger partial charge in [-0.1, -0.05) is 6.07 Å². The molecule has 3 rings (SSSR count). The van der Waals surface area contributed by atoms with Gasteiger partial charge in [0.1, 0.15) is 5.82 Å². The molecule has 1 aliphatic heterocycles. The number of hydrogen-bond acceptors (Lipinski definition) is 3. The molecular weight excluding hydrogens is 289 g/mol. The largest absolute Gasteiger partial charge is 0.491 e. The van der Waals surface area contributed by atoms with Gasteiger partial charge in [-0.05, 0) is 23.2 Å². The molecule has 21 heavy (non-hydrogen) atoms. The van der Waals surface area contributed by atoms with E-state index in [4.69, 9.17) is 4.65 Å². The monoisotopic (exact) mass is 297 g/mol. The van der Waals surface area contributed by atoms with Crippen LogP contribution in [0.5, 0.6) is 0 Å². The molecule has 1 N–H and O–H groups in total. The highest BCUT2D eigenvalue weighted by molar-refractivity contribution is 6.61. The topological polar surface area (TPSA) is 42.4 Å². The van der Waals surface area contributed by atoms with Crippen LogP contribution in [0.3, 0.4) is 0 Å². The van der Waals surface area contributed by atoms with E-state index in [2.05, 4.69) is 4.98 Å². The minimum absolute atomic E-state index is 0.0207. The second kappa shape index (κ2) is 4.82. The maximum absolute atomic E-state index is 14.1. The molecule has 0 bridgehead atoms. The standard InChI is InChI=1S/C13H8BF4NO2/c15-12-3-7-6-21-14(20)11(7)4-8(12)9-5-19-2-1-10(9)13(16,17)18/h1-5,20H,6H2. The predicted octanol–water partition coefficient (Wildman–Crippen LogP) is 2.12. The first-order valence-electron chi connectivity index (χ1n) is 6.01. The van der Waals surface area contributed by atoms with Gasteiger partial charge in [0.2, 0.25) is 0 Å². The van der Waals surface area contributed by atoms with Gasteiger partial charge in [0.05, 0.1) is 12.2 Å². The number of alkyl halides is 3. The summed E-state index contributed by atoms with van der Waals surface area (Å²) in [4.78, 5) is 3.63. The summed E-state index contributed by atoms with van der Waals surface area (Å²) in [6.45, 7) is 0.0207. The van der Waals surface area contributed by atoms with Gasteiger partial charge in [0.25, 0.3) is 0 Å². The van der Waals surface area contributed by atoms with Crippen molar-refractivity contribution in [2.45, 2.75) is 12.8 Å². The molecule has 0 fully saturated rings. The van der Waals surface area contributed by atoms with Gasteiger partial charge >= 0.3 is 13.3 Å². The van der Waals surface area contributed by atoms with Gasteiger partial charge in [0.15, 0.2) is 0 Å². The Hall–Kier alpha value is -1.93. The molecule has 0 saturated heterocycles. The summed E-state index contributed by atoms with van der Waals surface area (Å²) in [5, 5.41) is 9.59. The molecule has 1 aromatic heterocycles. The SMILES string of the molecule is OB1OCc2cc(F)c(-c3cnccc3C(F)(F)F)cc21. The summed E-state index contributed by atoms with van der Waals surface area (Å²) in [5.74, 6) is -0.815. The maximum Gasteiger partial charge on any atom is 0.491 e. The fraction of sp³-hybridized carbons (Fsp3) is 0.154. The summed E-state index contributed by atoms with van der Waals surface area (Å²) in [6.07, 6.45) is -2.68. The van der Waals surface area contributed by atoms with Gasteiger partial charge in [-0.2, -0.15) is 13.2 Å². The van der Waals surface area contributed by atoms with E-state index in [0.29, 0.717) is 5.56 Å². The molecule has 1 aromatic carbocycles. The highest BCUT2D eigenvalue weighted by Gasteiger charge is 2.35. The number of aromatic nitrogens is 1. The van der Waals surface area contributed by atoms with Gasteiger partial charge in [-0.25, -0.2) is 4.39 Å². The quantitative estimate of drug-likeness (QED) is 0.647. The molecule has 2 heterocycles. The smallest absolute Gasteiger partial charge is 0.423 e. The first-order valence-corrected chi connectivity index (χ1v) is 6.01. The van der Waals surface area contributed by atoms with Gasteiger partial charge in [0, 0.05) is 23.5 Å². The van der Waals surface area contributed by atoms with E-state index in [0.717, 1.165) is 24.5 Å². The Morgan fingerprint density at radius 3 is 2.71 bits per heavy atom. The van der Waals surface area contributed by atoms with Crippen molar-refractivity contribution in [3.05, 3.63) is 47.5 Å². The van der Waals surface area contributed by atoms with Crippen molar-refractivity contribution >= 4 is 12.6 Å². The Bertz CT molecular complexity index is 705. The van der Waals surface area contributed by atoms with Crippen LogP contribution in [0.4, 0.5) is 17.6 Å². The molecule has 0 unspecified atom stereocenters. The molecule has 0 amide bonds. The van der Waals surface area contributed by atoms with Crippen molar-refractivity contribution in [2.24, 2.45) is 0 Å². The van der Waals surface area contributed by atoms with E-state index in [1.165, 1.54) is 6.07 Å². The molecule has 8 heteroatoms. The number of rotatable bonds is 1. The Morgan fingerprint density at radius 1 is 1.24 bits per heavy atom. The molecule has 108 valence electrons. The van der Waals surface area contributed by atoms with Crippen LogP contribution in [0.1, 0.15) is 11.1 Å². The number of pyridine rings is 1.